The van der Waals surface area contributed by atoms with E-state index in [0.29, 0.717) is 18.9 Å². The number of hydrogen-bond acceptors (Lipinski definition) is 3. The summed E-state index contributed by atoms with van der Waals surface area (Å²) in [6, 6.07) is 9.89. The predicted molar refractivity (Wildman–Crippen MR) is 74.8 cm³/mol. The van der Waals surface area contributed by atoms with Crippen LogP contribution in [0.25, 0.3) is 0 Å². The van der Waals surface area contributed by atoms with E-state index in [-0.39, 0.29) is 10.7 Å². The van der Waals surface area contributed by atoms with Crippen LogP contribution in [0.1, 0.15) is 0 Å². The Morgan fingerprint density at radius 1 is 1.47 bits per heavy atom. The van der Waals surface area contributed by atoms with Crippen molar-refractivity contribution in [3.05, 3.63) is 30.3 Å². The number of thioether (sulfide) groups is 1. The van der Waals surface area contributed by atoms with Crippen LogP contribution in [-0.4, -0.2) is 36.7 Å². The average molecular weight is 318 g/mol. The fourth-order valence-corrected chi connectivity index (χ4v) is 2.36. The van der Waals surface area contributed by atoms with Crippen LogP contribution in [0.4, 0.5) is 0 Å². The standard InChI is InChI=1S/C12H16BrNO2S/c1-16-8-10(13)7-14-12(15)9-17-11-5-3-2-4-6-11/h2-6,10H,7-9H2,1H3,(H,14,15). The molecule has 5 heteroatoms. The van der Waals surface area contributed by atoms with Gasteiger partial charge in [-0.05, 0) is 12.1 Å². The zero-order chi connectivity index (χ0) is 12.5. The molecule has 94 valence electrons. The molecule has 1 rings (SSSR count). The summed E-state index contributed by atoms with van der Waals surface area (Å²) in [5.41, 5.74) is 0. The molecule has 1 amide bonds. The van der Waals surface area contributed by atoms with Gasteiger partial charge >= 0.3 is 0 Å². The quantitative estimate of drug-likeness (QED) is 0.619. The summed E-state index contributed by atoms with van der Waals surface area (Å²) >= 11 is 4.95. The third-order valence-electron chi connectivity index (χ3n) is 1.98. The van der Waals surface area contributed by atoms with Crippen LogP contribution < -0.4 is 5.32 Å². The van der Waals surface area contributed by atoms with E-state index in [1.807, 2.05) is 30.3 Å². The lowest BCUT2D eigenvalue weighted by molar-refractivity contribution is -0.118. The molecule has 0 saturated carbocycles. The summed E-state index contributed by atoms with van der Waals surface area (Å²) in [7, 11) is 1.64. The highest BCUT2D eigenvalue weighted by Gasteiger charge is 2.06. The first kappa shape index (κ1) is 14.5. The fourth-order valence-electron chi connectivity index (χ4n) is 1.18. The second-order valence-electron chi connectivity index (χ2n) is 3.46. The number of rotatable bonds is 7. The van der Waals surface area contributed by atoms with Gasteiger partial charge in [0.15, 0.2) is 0 Å². The van der Waals surface area contributed by atoms with Crippen molar-refractivity contribution in [1.82, 2.24) is 5.32 Å². The Labute approximate surface area is 114 Å². The monoisotopic (exact) mass is 317 g/mol. The van der Waals surface area contributed by atoms with E-state index < -0.39 is 0 Å². The van der Waals surface area contributed by atoms with Crippen molar-refractivity contribution in [2.45, 2.75) is 9.72 Å². The number of ether oxygens (including phenoxy) is 1. The summed E-state index contributed by atoms with van der Waals surface area (Å²) < 4.78 is 4.96. The number of methoxy groups -OCH3 is 1. The van der Waals surface area contributed by atoms with Gasteiger partial charge in [0.25, 0.3) is 0 Å². The molecule has 1 atom stereocenters. The third kappa shape index (κ3) is 6.71. The largest absolute Gasteiger partial charge is 0.383 e. The second-order valence-corrected chi connectivity index (χ2v) is 5.80. The molecule has 0 radical (unpaired) electrons. The molecule has 0 aliphatic carbocycles. The molecule has 0 spiro atoms. The van der Waals surface area contributed by atoms with Gasteiger partial charge in [-0.1, -0.05) is 34.1 Å². The number of hydrogen-bond donors (Lipinski definition) is 1. The minimum Gasteiger partial charge on any atom is -0.383 e. The number of amides is 1. The number of halogens is 1. The first-order valence-electron chi connectivity index (χ1n) is 5.30. The summed E-state index contributed by atoms with van der Waals surface area (Å²) in [6.45, 7) is 1.17. The van der Waals surface area contributed by atoms with Crippen LogP contribution in [-0.2, 0) is 9.53 Å². The molecule has 17 heavy (non-hydrogen) atoms. The fraction of sp³-hybridized carbons (Fsp3) is 0.417. The zero-order valence-electron chi connectivity index (χ0n) is 9.69. The lowest BCUT2D eigenvalue weighted by Gasteiger charge is -2.09. The maximum absolute atomic E-state index is 11.5. The molecule has 1 unspecified atom stereocenters. The van der Waals surface area contributed by atoms with E-state index >= 15 is 0 Å². The van der Waals surface area contributed by atoms with Crippen LogP contribution in [0.5, 0.6) is 0 Å². The van der Waals surface area contributed by atoms with Crippen molar-refractivity contribution in [1.29, 1.82) is 0 Å². The Kier molecular flexibility index (Phi) is 7.32. The molecule has 0 aliphatic rings. The molecule has 1 aromatic carbocycles. The van der Waals surface area contributed by atoms with Gasteiger partial charge in [-0.25, -0.2) is 0 Å². The van der Waals surface area contributed by atoms with E-state index in [2.05, 4.69) is 21.2 Å². The number of benzene rings is 1. The molecular formula is C12H16BrNO2S. The Balaban J connectivity index is 2.17. The zero-order valence-corrected chi connectivity index (χ0v) is 12.1. The van der Waals surface area contributed by atoms with Gasteiger partial charge in [0.1, 0.15) is 0 Å². The van der Waals surface area contributed by atoms with E-state index in [1.54, 1.807) is 7.11 Å². The molecule has 0 saturated heterocycles. The number of carbonyl (C=O) groups excluding carboxylic acids is 1. The molecule has 0 heterocycles. The van der Waals surface area contributed by atoms with Gasteiger partial charge in [-0.3, -0.25) is 4.79 Å². The third-order valence-corrected chi connectivity index (χ3v) is 3.58. The van der Waals surface area contributed by atoms with E-state index in [1.165, 1.54) is 11.8 Å². The maximum atomic E-state index is 11.5. The lowest BCUT2D eigenvalue weighted by atomic mass is 10.4. The Morgan fingerprint density at radius 2 is 2.18 bits per heavy atom. The second kappa shape index (κ2) is 8.55. The summed E-state index contributed by atoms with van der Waals surface area (Å²) in [6.07, 6.45) is 0. The molecule has 1 N–H and O–H groups in total. The normalized spacial score (nSPS) is 12.1. The Bertz CT molecular complexity index is 335. The molecule has 0 aromatic heterocycles. The number of alkyl halides is 1. The van der Waals surface area contributed by atoms with E-state index in [9.17, 15) is 4.79 Å². The molecule has 0 bridgehead atoms. The molecule has 0 fully saturated rings. The van der Waals surface area contributed by atoms with Gasteiger partial charge in [-0.2, -0.15) is 0 Å². The minimum absolute atomic E-state index is 0.0411. The highest BCUT2D eigenvalue weighted by Crippen LogP contribution is 2.16. The average Bonchev–Trinajstić information content (AvgIpc) is 2.35. The number of nitrogens with one attached hydrogen (secondary N) is 1. The molecule has 0 aliphatic heterocycles. The topological polar surface area (TPSA) is 38.3 Å². The van der Waals surface area contributed by atoms with E-state index in [4.69, 9.17) is 4.74 Å². The smallest absolute Gasteiger partial charge is 0.230 e. The molecular weight excluding hydrogens is 302 g/mol. The SMILES string of the molecule is COCC(Br)CNC(=O)CSc1ccccc1. The summed E-state index contributed by atoms with van der Waals surface area (Å²) in [4.78, 5) is 12.8. The lowest BCUT2D eigenvalue weighted by Crippen LogP contribution is -2.32. The van der Waals surface area contributed by atoms with Crippen LogP contribution in [0.15, 0.2) is 35.2 Å². The highest BCUT2D eigenvalue weighted by molar-refractivity contribution is 9.09. The van der Waals surface area contributed by atoms with Crippen molar-refractivity contribution in [2.75, 3.05) is 26.0 Å². The van der Waals surface area contributed by atoms with Gasteiger partial charge in [0, 0.05) is 18.6 Å². The van der Waals surface area contributed by atoms with E-state index in [0.717, 1.165) is 4.90 Å². The first-order chi connectivity index (χ1) is 8.22. The maximum Gasteiger partial charge on any atom is 0.230 e. The Morgan fingerprint density at radius 3 is 2.82 bits per heavy atom. The summed E-state index contributed by atoms with van der Waals surface area (Å²) in [5.74, 6) is 0.482. The Hall–Kier alpha value is -0.520. The van der Waals surface area contributed by atoms with Gasteiger partial charge < -0.3 is 10.1 Å². The van der Waals surface area contributed by atoms with Gasteiger partial charge in [0.05, 0.1) is 17.2 Å². The van der Waals surface area contributed by atoms with Crippen molar-refractivity contribution < 1.29 is 9.53 Å². The first-order valence-corrected chi connectivity index (χ1v) is 7.20. The van der Waals surface area contributed by atoms with Crippen LogP contribution >= 0.6 is 27.7 Å². The van der Waals surface area contributed by atoms with Crippen molar-refractivity contribution >= 4 is 33.6 Å². The number of carbonyl (C=O) groups is 1. The molecule has 3 nitrogen and oxygen atoms in total. The van der Waals surface area contributed by atoms with Crippen molar-refractivity contribution in [3.8, 4) is 0 Å². The van der Waals surface area contributed by atoms with Gasteiger partial charge in [0.2, 0.25) is 5.91 Å². The van der Waals surface area contributed by atoms with Crippen LogP contribution in [0.2, 0.25) is 0 Å². The van der Waals surface area contributed by atoms with Gasteiger partial charge in [-0.15, -0.1) is 11.8 Å². The summed E-state index contributed by atoms with van der Waals surface area (Å²) in [5, 5.41) is 2.85. The molecule has 1 aromatic rings. The van der Waals surface area contributed by atoms with Crippen LogP contribution in [0, 0.1) is 0 Å². The van der Waals surface area contributed by atoms with Crippen molar-refractivity contribution in [2.24, 2.45) is 0 Å². The van der Waals surface area contributed by atoms with Crippen LogP contribution in [0.3, 0.4) is 0 Å². The highest BCUT2D eigenvalue weighted by atomic mass is 79.9. The minimum atomic E-state index is 0.0411. The van der Waals surface area contributed by atoms with Crippen molar-refractivity contribution in [3.63, 3.8) is 0 Å². The predicted octanol–water partition coefficient (Wildman–Crippen LogP) is 2.30.